The summed E-state index contributed by atoms with van der Waals surface area (Å²) in [7, 11) is 0. The van der Waals surface area contributed by atoms with Crippen LogP contribution in [0.3, 0.4) is 0 Å². The molecule has 3 aromatic carbocycles. The van der Waals surface area contributed by atoms with Gasteiger partial charge in [-0.2, -0.15) is 0 Å². The Hall–Kier alpha value is -3.81. The maximum absolute atomic E-state index is 13.2. The molecule has 0 spiro atoms. The fourth-order valence-electron chi connectivity index (χ4n) is 5.17. The van der Waals surface area contributed by atoms with Crippen LogP contribution in [-0.4, -0.2) is 53.7 Å². The Morgan fingerprint density at radius 3 is 2.35 bits per heavy atom. The highest BCUT2D eigenvalue weighted by molar-refractivity contribution is 6.15. The zero-order valence-electron chi connectivity index (χ0n) is 21.1. The van der Waals surface area contributed by atoms with Gasteiger partial charge in [0, 0.05) is 39.3 Å². The molecule has 190 valence electrons. The van der Waals surface area contributed by atoms with Gasteiger partial charge in [0.15, 0.2) is 17.3 Å². The summed E-state index contributed by atoms with van der Waals surface area (Å²) in [5, 5.41) is 10.8. The standard InChI is InChI=1S/C30H30N2O5/c1-19-3-5-21(6-4-19)14-27-29(34)28-20(2)13-24(33)23(30(28)37-27)17-32-11-9-31(10-12-32)16-22-7-8-25-26(15-22)36-18-35-25/h3-8,13-15,33H,9-12,16-18H2,1-2H3/b27-14-. The lowest BCUT2D eigenvalue weighted by Crippen LogP contribution is -2.45. The molecule has 0 radical (unpaired) electrons. The van der Waals surface area contributed by atoms with E-state index in [-0.39, 0.29) is 18.3 Å². The second-order valence-electron chi connectivity index (χ2n) is 9.99. The van der Waals surface area contributed by atoms with Gasteiger partial charge in [-0.3, -0.25) is 14.6 Å². The van der Waals surface area contributed by atoms with Crippen LogP contribution in [0.2, 0.25) is 0 Å². The number of phenolic OH excluding ortho intramolecular Hbond substituents is 1. The normalized spacial score (nSPS) is 18.3. The molecular formula is C30H30N2O5. The molecule has 0 amide bonds. The number of hydrogen-bond donors (Lipinski definition) is 1. The quantitative estimate of drug-likeness (QED) is 0.513. The molecule has 1 N–H and O–H groups in total. The molecule has 1 fully saturated rings. The molecule has 0 unspecified atom stereocenters. The molecule has 3 aliphatic heterocycles. The van der Waals surface area contributed by atoms with E-state index in [0.717, 1.165) is 60.9 Å². The van der Waals surface area contributed by atoms with E-state index in [2.05, 4.69) is 21.9 Å². The van der Waals surface area contributed by atoms with E-state index >= 15 is 0 Å². The van der Waals surface area contributed by atoms with Gasteiger partial charge in [-0.05, 0) is 54.8 Å². The number of allylic oxidation sites excluding steroid dienone is 1. The van der Waals surface area contributed by atoms with Crippen molar-refractivity contribution in [3.05, 3.63) is 87.7 Å². The number of carbonyl (C=O) groups excluding carboxylic acids is 1. The summed E-state index contributed by atoms with van der Waals surface area (Å²) < 4.78 is 17.0. The van der Waals surface area contributed by atoms with Crippen LogP contribution in [0, 0.1) is 13.8 Å². The first-order valence-electron chi connectivity index (χ1n) is 12.6. The SMILES string of the molecule is Cc1ccc(/C=C2\Oc3c(CN4CCN(Cc5ccc6c(c5)OCO6)CC4)c(O)cc(C)c3C2=O)cc1. The van der Waals surface area contributed by atoms with E-state index in [9.17, 15) is 9.90 Å². The Morgan fingerprint density at radius 1 is 0.892 bits per heavy atom. The Labute approximate surface area is 216 Å². The summed E-state index contributed by atoms with van der Waals surface area (Å²) in [5.74, 6) is 2.43. The third kappa shape index (κ3) is 4.68. The lowest BCUT2D eigenvalue weighted by atomic mass is 9.99. The van der Waals surface area contributed by atoms with Crippen molar-refractivity contribution in [1.29, 1.82) is 0 Å². The van der Waals surface area contributed by atoms with E-state index in [1.807, 2.05) is 44.2 Å². The van der Waals surface area contributed by atoms with E-state index < -0.39 is 0 Å². The number of phenols is 1. The van der Waals surface area contributed by atoms with Crippen molar-refractivity contribution in [3.8, 4) is 23.0 Å². The number of aromatic hydroxyl groups is 1. The minimum Gasteiger partial charge on any atom is -0.507 e. The van der Waals surface area contributed by atoms with Gasteiger partial charge in [0.1, 0.15) is 11.5 Å². The van der Waals surface area contributed by atoms with Gasteiger partial charge in [-0.1, -0.05) is 35.9 Å². The molecule has 0 aliphatic carbocycles. The Balaban J connectivity index is 1.15. The van der Waals surface area contributed by atoms with Gasteiger partial charge in [-0.25, -0.2) is 0 Å². The molecule has 7 heteroatoms. The van der Waals surface area contributed by atoms with Crippen LogP contribution < -0.4 is 14.2 Å². The van der Waals surface area contributed by atoms with Crippen LogP contribution in [0.4, 0.5) is 0 Å². The number of fused-ring (bicyclic) bond motifs is 2. The van der Waals surface area contributed by atoms with E-state index in [0.29, 0.717) is 29.2 Å². The van der Waals surface area contributed by atoms with Gasteiger partial charge in [0.25, 0.3) is 0 Å². The second kappa shape index (κ2) is 9.57. The van der Waals surface area contributed by atoms with Crippen molar-refractivity contribution in [1.82, 2.24) is 9.80 Å². The van der Waals surface area contributed by atoms with Crippen LogP contribution >= 0.6 is 0 Å². The van der Waals surface area contributed by atoms with Crippen molar-refractivity contribution < 1.29 is 24.1 Å². The number of Topliss-reactive ketones (excluding diaryl/α,β-unsaturated/α-hetero) is 1. The van der Waals surface area contributed by atoms with Gasteiger partial charge in [0.05, 0.1) is 11.1 Å². The number of aryl methyl sites for hydroxylation is 2. The van der Waals surface area contributed by atoms with Crippen LogP contribution in [0.5, 0.6) is 23.0 Å². The number of ketones is 1. The number of ether oxygens (including phenoxy) is 3. The largest absolute Gasteiger partial charge is 0.507 e. The van der Waals surface area contributed by atoms with Gasteiger partial charge in [-0.15, -0.1) is 0 Å². The smallest absolute Gasteiger partial charge is 0.232 e. The van der Waals surface area contributed by atoms with Crippen molar-refractivity contribution in [2.24, 2.45) is 0 Å². The van der Waals surface area contributed by atoms with Crippen molar-refractivity contribution in [3.63, 3.8) is 0 Å². The maximum atomic E-state index is 13.2. The van der Waals surface area contributed by atoms with Gasteiger partial charge >= 0.3 is 0 Å². The molecule has 0 aromatic heterocycles. The highest BCUT2D eigenvalue weighted by atomic mass is 16.7. The minimum absolute atomic E-state index is 0.136. The first-order valence-corrected chi connectivity index (χ1v) is 12.6. The van der Waals surface area contributed by atoms with E-state index in [1.54, 1.807) is 12.1 Å². The number of nitrogens with zero attached hydrogens (tertiary/aromatic N) is 2. The highest BCUT2D eigenvalue weighted by Gasteiger charge is 2.34. The fourth-order valence-corrected chi connectivity index (χ4v) is 5.17. The average Bonchev–Trinajstić information content (AvgIpc) is 3.48. The van der Waals surface area contributed by atoms with Crippen molar-refractivity contribution in [2.45, 2.75) is 26.9 Å². The third-order valence-corrected chi connectivity index (χ3v) is 7.29. The van der Waals surface area contributed by atoms with Crippen molar-refractivity contribution in [2.75, 3.05) is 33.0 Å². The van der Waals surface area contributed by atoms with Gasteiger partial charge < -0.3 is 19.3 Å². The number of benzene rings is 3. The molecule has 0 bridgehead atoms. The molecule has 7 nitrogen and oxygen atoms in total. The number of hydrogen-bond acceptors (Lipinski definition) is 7. The summed E-state index contributed by atoms with van der Waals surface area (Å²) >= 11 is 0. The zero-order valence-corrected chi connectivity index (χ0v) is 21.1. The number of rotatable bonds is 5. The van der Waals surface area contributed by atoms with E-state index in [1.165, 1.54) is 5.56 Å². The van der Waals surface area contributed by atoms with Crippen molar-refractivity contribution >= 4 is 11.9 Å². The highest BCUT2D eigenvalue weighted by Crippen LogP contribution is 2.42. The number of carbonyl (C=O) groups is 1. The van der Waals surface area contributed by atoms with E-state index in [4.69, 9.17) is 14.2 Å². The Morgan fingerprint density at radius 2 is 1.59 bits per heavy atom. The average molecular weight is 499 g/mol. The molecule has 3 heterocycles. The fraction of sp³-hybridized carbons (Fsp3) is 0.300. The summed E-state index contributed by atoms with van der Waals surface area (Å²) in [6.07, 6.45) is 1.77. The van der Waals surface area contributed by atoms with Gasteiger partial charge in [0.2, 0.25) is 12.6 Å². The topological polar surface area (TPSA) is 71.5 Å². The molecule has 6 rings (SSSR count). The first kappa shape index (κ1) is 23.6. The molecule has 3 aromatic rings. The molecule has 3 aliphatic rings. The summed E-state index contributed by atoms with van der Waals surface area (Å²) in [5.41, 5.74) is 5.21. The molecule has 0 atom stereocenters. The predicted octanol–water partition coefficient (Wildman–Crippen LogP) is 4.67. The van der Waals surface area contributed by atoms with Crippen LogP contribution in [0.25, 0.3) is 6.08 Å². The lowest BCUT2D eigenvalue weighted by molar-refractivity contribution is 0.101. The lowest BCUT2D eigenvalue weighted by Gasteiger charge is -2.35. The molecule has 0 saturated carbocycles. The van der Waals surface area contributed by atoms with Crippen LogP contribution in [0.15, 0.2) is 54.3 Å². The second-order valence-corrected chi connectivity index (χ2v) is 9.99. The predicted molar refractivity (Wildman–Crippen MR) is 140 cm³/mol. The first-order chi connectivity index (χ1) is 17.9. The minimum atomic E-state index is -0.136. The molecule has 1 saturated heterocycles. The Bertz CT molecular complexity index is 1390. The summed E-state index contributed by atoms with van der Waals surface area (Å²) in [4.78, 5) is 17.9. The number of piperazine rings is 1. The third-order valence-electron chi connectivity index (χ3n) is 7.29. The monoisotopic (exact) mass is 498 g/mol. The van der Waals surface area contributed by atoms with Crippen LogP contribution in [-0.2, 0) is 13.1 Å². The van der Waals surface area contributed by atoms with Crippen LogP contribution in [0.1, 0.15) is 38.2 Å². The molecule has 37 heavy (non-hydrogen) atoms. The Kier molecular flexibility index (Phi) is 6.10. The summed E-state index contributed by atoms with van der Waals surface area (Å²) in [6.45, 7) is 9.04. The molecular weight excluding hydrogens is 468 g/mol. The summed E-state index contributed by atoms with van der Waals surface area (Å²) in [6, 6.07) is 15.7. The maximum Gasteiger partial charge on any atom is 0.232 e. The zero-order chi connectivity index (χ0) is 25.5.